The maximum atomic E-state index is 12.2. The minimum Gasteiger partial charge on any atom is -0.355 e. The molecule has 1 aromatic heterocycles. The number of amides is 2. The van der Waals surface area contributed by atoms with E-state index in [1.54, 1.807) is 6.20 Å². The highest BCUT2D eigenvalue weighted by Crippen LogP contribution is 2.26. The molecule has 24 heavy (non-hydrogen) atoms. The lowest BCUT2D eigenvalue weighted by Gasteiger charge is -2.38. The molecule has 3 rings (SSSR count). The van der Waals surface area contributed by atoms with E-state index < -0.39 is 0 Å². The standard InChI is InChI=1S/C15H24N6O2S/c22-13(16-6-8-24-14-10-18-20-19-14)9-12-15(23)17-5-7-21(12)11-3-1-2-4-11/h10-12H,1-9H2,(H,16,22)(H,17,23)(H,18,19,20)/t12-/m1/s1. The van der Waals surface area contributed by atoms with Gasteiger partial charge in [0.2, 0.25) is 11.8 Å². The molecule has 9 heteroatoms. The topological polar surface area (TPSA) is 103 Å². The molecule has 0 aromatic carbocycles. The van der Waals surface area contributed by atoms with Crippen molar-refractivity contribution >= 4 is 23.6 Å². The Morgan fingerprint density at radius 1 is 1.42 bits per heavy atom. The molecule has 2 heterocycles. The third-order valence-corrected chi connectivity index (χ3v) is 5.51. The zero-order chi connectivity index (χ0) is 16.8. The van der Waals surface area contributed by atoms with Gasteiger partial charge in [-0.1, -0.05) is 12.8 Å². The molecular weight excluding hydrogens is 328 g/mol. The summed E-state index contributed by atoms with van der Waals surface area (Å²) in [6.45, 7) is 2.08. The van der Waals surface area contributed by atoms with Crippen molar-refractivity contribution in [3.63, 3.8) is 0 Å². The molecule has 2 aliphatic rings. The van der Waals surface area contributed by atoms with Crippen molar-refractivity contribution in [1.29, 1.82) is 0 Å². The van der Waals surface area contributed by atoms with Gasteiger partial charge in [0.05, 0.1) is 18.7 Å². The Morgan fingerprint density at radius 2 is 2.25 bits per heavy atom. The molecule has 1 atom stereocenters. The second kappa shape index (κ2) is 8.48. The predicted molar refractivity (Wildman–Crippen MR) is 90.5 cm³/mol. The van der Waals surface area contributed by atoms with E-state index >= 15 is 0 Å². The fourth-order valence-electron chi connectivity index (χ4n) is 3.47. The number of nitrogens with zero attached hydrogens (tertiary/aromatic N) is 3. The van der Waals surface area contributed by atoms with Gasteiger partial charge in [0.1, 0.15) is 5.03 Å². The van der Waals surface area contributed by atoms with Crippen LogP contribution < -0.4 is 10.6 Å². The lowest BCUT2D eigenvalue weighted by molar-refractivity contribution is -0.135. The molecular formula is C15H24N6O2S. The quantitative estimate of drug-likeness (QED) is 0.477. The van der Waals surface area contributed by atoms with Crippen LogP contribution in [0.2, 0.25) is 0 Å². The average molecular weight is 352 g/mol. The van der Waals surface area contributed by atoms with E-state index in [0.717, 1.165) is 30.2 Å². The number of rotatable bonds is 7. The fraction of sp³-hybridized carbons (Fsp3) is 0.733. The first kappa shape index (κ1) is 17.2. The maximum Gasteiger partial charge on any atom is 0.237 e. The van der Waals surface area contributed by atoms with E-state index in [-0.39, 0.29) is 24.3 Å². The van der Waals surface area contributed by atoms with Gasteiger partial charge in [-0.3, -0.25) is 14.5 Å². The smallest absolute Gasteiger partial charge is 0.237 e. The largest absolute Gasteiger partial charge is 0.355 e. The summed E-state index contributed by atoms with van der Waals surface area (Å²) in [7, 11) is 0. The molecule has 0 bridgehead atoms. The second-order valence-electron chi connectivity index (χ2n) is 6.19. The molecule has 1 aliphatic carbocycles. The normalized spacial score (nSPS) is 22.5. The van der Waals surface area contributed by atoms with Gasteiger partial charge in [0, 0.05) is 31.4 Å². The lowest BCUT2D eigenvalue weighted by Crippen LogP contribution is -2.59. The first-order valence-electron chi connectivity index (χ1n) is 8.53. The summed E-state index contributed by atoms with van der Waals surface area (Å²) in [5.74, 6) is 0.641. The van der Waals surface area contributed by atoms with Crippen molar-refractivity contribution in [3.8, 4) is 0 Å². The van der Waals surface area contributed by atoms with Crippen LogP contribution in [0.25, 0.3) is 0 Å². The minimum atomic E-state index is -0.329. The van der Waals surface area contributed by atoms with E-state index in [4.69, 9.17) is 0 Å². The van der Waals surface area contributed by atoms with Crippen LogP contribution in [0.15, 0.2) is 11.2 Å². The first-order chi connectivity index (χ1) is 11.7. The maximum absolute atomic E-state index is 12.2. The summed E-state index contributed by atoms with van der Waals surface area (Å²) in [4.78, 5) is 26.7. The van der Waals surface area contributed by atoms with Gasteiger partial charge >= 0.3 is 0 Å². The number of aromatic nitrogens is 3. The molecule has 0 radical (unpaired) electrons. The SMILES string of the molecule is O=C(C[C@@H]1C(=O)NCCN1C1CCCC1)NCCSc1cn[nH]n1. The highest BCUT2D eigenvalue weighted by Gasteiger charge is 2.36. The molecule has 1 aromatic rings. The number of thioether (sulfide) groups is 1. The van der Waals surface area contributed by atoms with Crippen LogP contribution in [0.1, 0.15) is 32.1 Å². The molecule has 0 spiro atoms. The van der Waals surface area contributed by atoms with Crippen LogP contribution in [0.3, 0.4) is 0 Å². The Labute approximate surface area is 145 Å². The molecule has 1 saturated carbocycles. The Morgan fingerprint density at radius 3 is 3.00 bits per heavy atom. The Kier molecular flexibility index (Phi) is 6.08. The highest BCUT2D eigenvalue weighted by molar-refractivity contribution is 7.99. The summed E-state index contributed by atoms with van der Waals surface area (Å²) < 4.78 is 0. The molecule has 1 saturated heterocycles. The first-order valence-corrected chi connectivity index (χ1v) is 9.51. The van der Waals surface area contributed by atoms with Gasteiger partial charge in [-0.05, 0) is 12.8 Å². The van der Waals surface area contributed by atoms with Crippen LogP contribution in [-0.2, 0) is 9.59 Å². The van der Waals surface area contributed by atoms with Gasteiger partial charge in [-0.2, -0.15) is 10.3 Å². The third kappa shape index (κ3) is 4.47. The molecule has 0 unspecified atom stereocenters. The number of hydrogen-bond acceptors (Lipinski definition) is 6. The van der Waals surface area contributed by atoms with Crippen LogP contribution in [0.4, 0.5) is 0 Å². The van der Waals surface area contributed by atoms with Gasteiger partial charge in [0.15, 0.2) is 0 Å². The van der Waals surface area contributed by atoms with Crippen LogP contribution in [-0.4, -0.2) is 69.6 Å². The van der Waals surface area contributed by atoms with Crippen LogP contribution in [0, 0.1) is 0 Å². The summed E-state index contributed by atoms with van der Waals surface area (Å²) in [5, 5.41) is 16.8. The molecule has 8 nitrogen and oxygen atoms in total. The van der Waals surface area contributed by atoms with Crippen molar-refractivity contribution in [2.75, 3.05) is 25.4 Å². The Hall–Kier alpha value is -1.61. The molecule has 2 fully saturated rings. The minimum absolute atomic E-state index is 0.0136. The molecule has 2 amide bonds. The van der Waals surface area contributed by atoms with Crippen molar-refractivity contribution < 1.29 is 9.59 Å². The lowest BCUT2D eigenvalue weighted by atomic mass is 10.0. The van der Waals surface area contributed by atoms with Crippen molar-refractivity contribution in [2.45, 2.75) is 49.2 Å². The Balaban J connectivity index is 1.44. The summed E-state index contributed by atoms with van der Waals surface area (Å²) >= 11 is 1.53. The van der Waals surface area contributed by atoms with Crippen LogP contribution >= 0.6 is 11.8 Å². The zero-order valence-corrected chi connectivity index (χ0v) is 14.5. The van der Waals surface area contributed by atoms with Gasteiger partial charge in [-0.15, -0.1) is 16.9 Å². The zero-order valence-electron chi connectivity index (χ0n) is 13.7. The van der Waals surface area contributed by atoms with E-state index in [0.29, 0.717) is 19.1 Å². The number of piperazine rings is 1. The van der Waals surface area contributed by atoms with Crippen molar-refractivity contribution in [2.24, 2.45) is 0 Å². The molecule has 3 N–H and O–H groups in total. The fourth-order valence-corrected chi connectivity index (χ4v) is 4.12. The van der Waals surface area contributed by atoms with Crippen LogP contribution in [0.5, 0.6) is 0 Å². The monoisotopic (exact) mass is 352 g/mol. The molecule has 1 aliphatic heterocycles. The van der Waals surface area contributed by atoms with Gasteiger partial charge < -0.3 is 10.6 Å². The van der Waals surface area contributed by atoms with E-state index in [9.17, 15) is 9.59 Å². The number of aromatic amines is 1. The van der Waals surface area contributed by atoms with Crippen molar-refractivity contribution in [1.82, 2.24) is 30.9 Å². The van der Waals surface area contributed by atoms with E-state index in [2.05, 4.69) is 30.9 Å². The van der Waals surface area contributed by atoms with Gasteiger partial charge in [0.25, 0.3) is 0 Å². The summed E-state index contributed by atoms with van der Waals surface area (Å²) in [6.07, 6.45) is 6.61. The van der Waals surface area contributed by atoms with Crippen molar-refractivity contribution in [3.05, 3.63) is 6.20 Å². The summed E-state index contributed by atoms with van der Waals surface area (Å²) in [5.41, 5.74) is 0. The number of hydrogen-bond donors (Lipinski definition) is 3. The number of carbonyl (C=O) groups excluding carboxylic acids is 2. The second-order valence-corrected chi connectivity index (χ2v) is 7.31. The number of carbonyl (C=O) groups is 2. The molecule has 132 valence electrons. The number of nitrogens with one attached hydrogen (secondary N) is 3. The highest BCUT2D eigenvalue weighted by atomic mass is 32.2. The third-order valence-electron chi connectivity index (χ3n) is 4.61. The summed E-state index contributed by atoms with van der Waals surface area (Å²) in [6, 6.07) is 0.126. The predicted octanol–water partition coefficient (Wildman–Crippen LogP) is 0.146. The average Bonchev–Trinajstić information content (AvgIpc) is 3.27. The van der Waals surface area contributed by atoms with E-state index in [1.807, 2.05) is 0 Å². The number of H-pyrrole nitrogens is 1. The van der Waals surface area contributed by atoms with E-state index in [1.165, 1.54) is 24.6 Å². The Bertz CT molecular complexity index is 546. The van der Waals surface area contributed by atoms with Gasteiger partial charge in [-0.25, -0.2) is 0 Å².